The lowest BCUT2D eigenvalue weighted by Crippen LogP contribution is -2.54. The van der Waals surface area contributed by atoms with E-state index in [0.717, 1.165) is 18.2 Å². The third-order valence-corrected chi connectivity index (χ3v) is 4.77. The summed E-state index contributed by atoms with van der Waals surface area (Å²) in [6.07, 6.45) is 1.11. The molecule has 11 heteroatoms. The van der Waals surface area contributed by atoms with Crippen LogP contribution in [0.25, 0.3) is 17.4 Å². The van der Waals surface area contributed by atoms with Gasteiger partial charge in [0, 0.05) is 0 Å². The van der Waals surface area contributed by atoms with Crippen molar-refractivity contribution >= 4 is 35.3 Å². The molecule has 2 aromatic carbocycles. The molecule has 0 bridgehead atoms. The quantitative estimate of drug-likeness (QED) is 0.271. The molecule has 0 atom stereocenters. The summed E-state index contributed by atoms with van der Waals surface area (Å²) in [4.78, 5) is 48.9. The molecule has 0 spiro atoms. The minimum Gasteiger partial charge on any atom is -0.497 e. The second-order valence-corrected chi connectivity index (χ2v) is 6.78. The van der Waals surface area contributed by atoms with Crippen LogP contribution < -0.4 is 15.0 Å². The number of hydrogen-bond donors (Lipinski definition) is 1. The van der Waals surface area contributed by atoms with Crippen LogP contribution in [0.1, 0.15) is 5.76 Å². The maximum absolute atomic E-state index is 13.2. The SMILES string of the molecule is COc1ccc(-c2ccc(/C=C3/C(=O)NC(=O)N(c4ccc(F)cc4)C3=O)o2)c([N+](=O)[O-])c1. The number of nitro groups is 1. The topological polar surface area (TPSA) is 132 Å². The number of rotatable bonds is 5. The number of ether oxygens (including phenoxy) is 1. The molecular formula is C22H14FN3O7. The highest BCUT2D eigenvalue weighted by molar-refractivity contribution is 6.39. The molecule has 1 fully saturated rings. The number of amides is 4. The zero-order chi connectivity index (χ0) is 23.7. The summed E-state index contributed by atoms with van der Waals surface area (Å²) in [6, 6.07) is 10.6. The second-order valence-electron chi connectivity index (χ2n) is 6.78. The molecule has 1 aliphatic heterocycles. The van der Waals surface area contributed by atoms with Crippen LogP contribution in [0.5, 0.6) is 5.75 Å². The van der Waals surface area contributed by atoms with Gasteiger partial charge < -0.3 is 9.15 Å². The Balaban J connectivity index is 1.69. The number of nitro benzene ring substituents is 1. The first-order valence-electron chi connectivity index (χ1n) is 9.38. The molecule has 0 aliphatic carbocycles. The molecule has 10 nitrogen and oxygen atoms in total. The van der Waals surface area contributed by atoms with Crippen LogP contribution in [0.15, 0.2) is 64.6 Å². The summed E-state index contributed by atoms with van der Waals surface area (Å²) in [5, 5.41) is 13.5. The Kier molecular flexibility index (Phi) is 5.44. The fourth-order valence-corrected chi connectivity index (χ4v) is 3.20. The Bertz CT molecular complexity index is 1330. The number of methoxy groups -OCH3 is 1. The predicted molar refractivity (Wildman–Crippen MR) is 113 cm³/mol. The average Bonchev–Trinajstić information content (AvgIpc) is 3.26. The van der Waals surface area contributed by atoms with Gasteiger partial charge in [-0.1, -0.05) is 0 Å². The number of imide groups is 2. The number of carbonyl (C=O) groups excluding carboxylic acids is 3. The van der Waals surface area contributed by atoms with Crippen LogP contribution in [0.2, 0.25) is 0 Å². The van der Waals surface area contributed by atoms with Crippen LogP contribution in [-0.2, 0) is 9.59 Å². The number of benzene rings is 2. The van der Waals surface area contributed by atoms with E-state index >= 15 is 0 Å². The van der Waals surface area contributed by atoms with E-state index in [1.165, 1.54) is 49.6 Å². The molecule has 0 saturated carbocycles. The summed E-state index contributed by atoms with van der Waals surface area (Å²) in [7, 11) is 1.38. The van der Waals surface area contributed by atoms with Gasteiger partial charge in [0.15, 0.2) is 0 Å². The van der Waals surface area contributed by atoms with E-state index in [0.29, 0.717) is 4.90 Å². The average molecular weight is 451 g/mol. The van der Waals surface area contributed by atoms with Crippen molar-refractivity contribution in [3.05, 3.63) is 81.9 Å². The zero-order valence-corrected chi connectivity index (χ0v) is 16.9. The monoisotopic (exact) mass is 451 g/mol. The molecule has 4 amide bonds. The highest BCUT2D eigenvalue weighted by atomic mass is 19.1. The Morgan fingerprint density at radius 1 is 1.09 bits per heavy atom. The first kappa shape index (κ1) is 21.4. The molecule has 1 aromatic heterocycles. The molecule has 166 valence electrons. The smallest absolute Gasteiger partial charge is 0.335 e. The first-order chi connectivity index (χ1) is 15.8. The Morgan fingerprint density at radius 2 is 1.82 bits per heavy atom. The van der Waals surface area contributed by atoms with E-state index in [9.17, 15) is 28.9 Å². The van der Waals surface area contributed by atoms with Gasteiger partial charge in [0.25, 0.3) is 17.5 Å². The summed E-state index contributed by atoms with van der Waals surface area (Å²) < 4.78 is 23.8. The molecule has 2 heterocycles. The fraction of sp³-hybridized carbons (Fsp3) is 0.0455. The number of barbiturate groups is 1. The van der Waals surface area contributed by atoms with E-state index in [1.807, 2.05) is 5.32 Å². The number of nitrogens with zero attached hydrogens (tertiary/aromatic N) is 2. The minimum atomic E-state index is -0.984. The zero-order valence-electron chi connectivity index (χ0n) is 16.9. The highest BCUT2D eigenvalue weighted by Crippen LogP contribution is 2.34. The van der Waals surface area contributed by atoms with Crippen molar-refractivity contribution < 1.29 is 32.9 Å². The van der Waals surface area contributed by atoms with Crippen molar-refractivity contribution in [2.24, 2.45) is 0 Å². The number of hydrogen-bond acceptors (Lipinski definition) is 7. The molecule has 1 aliphatic rings. The molecule has 0 unspecified atom stereocenters. The van der Waals surface area contributed by atoms with Crippen molar-refractivity contribution in [3.8, 4) is 17.1 Å². The maximum atomic E-state index is 13.2. The van der Waals surface area contributed by atoms with Gasteiger partial charge in [-0.2, -0.15) is 0 Å². The molecule has 1 N–H and O–H groups in total. The first-order valence-corrected chi connectivity index (χ1v) is 9.38. The Labute approximate surface area is 185 Å². The molecule has 3 aromatic rings. The molecular weight excluding hydrogens is 437 g/mol. The van der Waals surface area contributed by atoms with Gasteiger partial charge in [-0.25, -0.2) is 14.1 Å². The lowest BCUT2D eigenvalue weighted by Gasteiger charge is -2.26. The van der Waals surface area contributed by atoms with E-state index in [2.05, 4.69) is 0 Å². The summed E-state index contributed by atoms with van der Waals surface area (Å²) in [6.45, 7) is 0. The fourth-order valence-electron chi connectivity index (χ4n) is 3.20. The predicted octanol–water partition coefficient (Wildman–Crippen LogP) is 3.67. The molecule has 1 saturated heterocycles. The maximum Gasteiger partial charge on any atom is 0.335 e. The summed E-state index contributed by atoms with van der Waals surface area (Å²) >= 11 is 0. The van der Waals surface area contributed by atoms with Crippen LogP contribution in [0, 0.1) is 15.9 Å². The largest absolute Gasteiger partial charge is 0.497 e. The van der Waals surface area contributed by atoms with E-state index in [-0.39, 0.29) is 34.2 Å². The van der Waals surface area contributed by atoms with Gasteiger partial charge in [0.1, 0.15) is 28.7 Å². The van der Waals surface area contributed by atoms with Crippen molar-refractivity contribution in [1.29, 1.82) is 0 Å². The number of carbonyl (C=O) groups is 3. The van der Waals surface area contributed by atoms with Crippen LogP contribution >= 0.6 is 0 Å². The Morgan fingerprint density at radius 3 is 2.48 bits per heavy atom. The molecule has 0 radical (unpaired) electrons. The normalized spacial score (nSPS) is 15.0. The van der Waals surface area contributed by atoms with E-state index in [4.69, 9.17) is 9.15 Å². The number of furan rings is 1. The summed E-state index contributed by atoms with van der Waals surface area (Å²) in [5.41, 5.74) is -0.453. The third-order valence-electron chi connectivity index (χ3n) is 4.77. The number of halogens is 1. The van der Waals surface area contributed by atoms with Gasteiger partial charge in [-0.05, 0) is 54.6 Å². The highest BCUT2D eigenvalue weighted by Gasteiger charge is 2.37. The number of anilines is 1. The standard InChI is InChI=1S/C22H14FN3O7/c1-32-14-6-8-16(18(11-14)26(30)31)19-9-7-15(33-19)10-17-20(27)24-22(29)25(21(17)28)13-4-2-12(23)3-5-13/h2-11H,1H3,(H,24,27,29)/b17-10-. The van der Waals surface area contributed by atoms with Crippen molar-refractivity contribution in [2.45, 2.75) is 0 Å². The molecule has 33 heavy (non-hydrogen) atoms. The van der Waals surface area contributed by atoms with Crippen molar-refractivity contribution in [2.75, 3.05) is 12.0 Å². The van der Waals surface area contributed by atoms with E-state index in [1.54, 1.807) is 0 Å². The van der Waals surface area contributed by atoms with Gasteiger partial charge in [0.2, 0.25) is 0 Å². The number of nitrogens with one attached hydrogen (secondary N) is 1. The van der Waals surface area contributed by atoms with Crippen LogP contribution in [0.3, 0.4) is 0 Å². The van der Waals surface area contributed by atoms with Crippen LogP contribution in [0.4, 0.5) is 20.6 Å². The van der Waals surface area contributed by atoms with Crippen molar-refractivity contribution in [1.82, 2.24) is 5.32 Å². The van der Waals surface area contributed by atoms with Gasteiger partial charge in [0.05, 0.1) is 29.4 Å². The number of urea groups is 1. The van der Waals surface area contributed by atoms with E-state index < -0.39 is 34.2 Å². The lowest BCUT2D eigenvalue weighted by atomic mass is 10.1. The Hall–Kier alpha value is -4.80. The van der Waals surface area contributed by atoms with Gasteiger partial charge in [-0.3, -0.25) is 25.0 Å². The third kappa shape index (κ3) is 4.06. The van der Waals surface area contributed by atoms with Crippen molar-refractivity contribution in [3.63, 3.8) is 0 Å². The minimum absolute atomic E-state index is 0.0435. The lowest BCUT2D eigenvalue weighted by molar-refractivity contribution is -0.384. The van der Waals surface area contributed by atoms with Gasteiger partial charge in [-0.15, -0.1) is 0 Å². The second kappa shape index (κ2) is 8.38. The molecule has 4 rings (SSSR count). The van der Waals surface area contributed by atoms with Gasteiger partial charge >= 0.3 is 6.03 Å². The van der Waals surface area contributed by atoms with Crippen LogP contribution in [-0.4, -0.2) is 29.9 Å². The summed E-state index contributed by atoms with van der Waals surface area (Å²) in [5.74, 6) is -2.01.